The zero-order chi connectivity index (χ0) is 20.8. The van der Waals surface area contributed by atoms with Crippen molar-refractivity contribution >= 4 is 27.9 Å². The number of carbonyl (C=O) groups excluding carboxylic acids is 1. The smallest absolute Gasteiger partial charge is 0.259 e. The van der Waals surface area contributed by atoms with Gasteiger partial charge in [-0.15, -0.1) is 0 Å². The van der Waals surface area contributed by atoms with Gasteiger partial charge in [0.1, 0.15) is 24.0 Å². The van der Waals surface area contributed by atoms with Gasteiger partial charge in [-0.25, -0.2) is 0 Å². The third-order valence-corrected chi connectivity index (χ3v) is 5.19. The average molecular weight is 447 g/mol. The van der Waals surface area contributed by atoms with Gasteiger partial charge >= 0.3 is 0 Å². The summed E-state index contributed by atoms with van der Waals surface area (Å²) in [5.41, 5.74) is 10.4. The lowest BCUT2D eigenvalue weighted by atomic mass is 9.97. The second-order valence-electron chi connectivity index (χ2n) is 6.47. The summed E-state index contributed by atoms with van der Waals surface area (Å²) in [7, 11) is 0. The van der Waals surface area contributed by atoms with Crippen molar-refractivity contribution in [2.24, 2.45) is 5.73 Å². The van der Waals surface area contributed by atoms with Crippen LogP contribution in [0.25, 0.3) is 17.2 Å². The van der Waals surface area contributed by atoms with Gasteiger partial charge < -0.3 is 10.5 Å². The van der Waals surface area contributed by atoms with Crippen LogP contribution in [0, 0.1) is 18.3 Å². The Morgan fingerprint density at radius 1 is 1.14 bits per heavy atom. The molecule has 0 heterocycles. The summed E-state index contributed by atoms with van der Waals surface area (Å²) < 4.78 is 6.73. The van der Waals surface area contributed by atoms with Crippen molar-refractivity contribution in [1.82, 2.24) is 0 Å². The number of primary amides is 1. The summed E-state index contributed by atoms with van der Waals surface area (Å²) >= 11 is 3.49. The number of hydrogen-bond donors (Lipinski definition) is 1. The fourth-order valence-corrected chi connectivity index (χ4v) is 3.49. The molecule has 3 rings (SSSR count). The maximum absolute atomic E-state index is 11.2. The summed E-state index contributed by atoms with van der Waals surface area (Å²) in [5.74, 6) is -0.0815. The Hall–Kier alpha value is -3.36. The lowest BCUT2D eigenvalue weighted by molar-refractivity contribution is -0.114. The highest BCUT2D eigenvalue weighted by Crippen LogP contribution is 2.30. The number of nitrogens with zero attached hydrogens (tertiary/aromatic N) is 1. The van der Waals surface area contributed by atoms with E-state index in [1.807, 2.05) is 24.3 Å². The third kappa shape index (κ3) is 4.92. The van der Waals surface area contributed by atoms with Crippen LogP contribution >= 0.6 is 15.9 Å². The molecular weight excluding hydrogens is 428 g/mol. The largest absolute Gasteiger partial charge is 0.488 e. The highest BCUT2D eigenvalue weighted by atomic mass is 79.9. The van der Waals surface area contributed by atoms with Gasteiger partial charge in [0.15, 0.2) is 0 Å². The summed E-state index contributed by atoms with van der Waals surface area (Å²) in [6.45, 7) is 2.52. The molecule has 0 aliphatic heterocycles. The predicted molar refractivity (Wildman–Crippen MR) is 118 cm³/mol. The highest BCUT2D eigenvalue weighted by Gasteiger charge is 2.09. The number of benzene rings is 3. The standard InChI is InChI=1S/C24H19BrN2O2/c1-16-19(8-5-9-21(16)18-6-3-2-4-7-18)15-29-23-11-10-17(13-22(23)25)12-20(14-26)24(27)28/h2-13H,15H2,1H3,(H2,27,28)/b20-12+. The van der Waals surface area contributed by atoms with Gasteiger partial charge in [-0.2, -0.15) is 5.26 Å². The first-order valence-corrected chi connectivity index (χ1v) is 9.76. The second kappa shape index (κ2) is 9.22. The molecule has 0 radical (unpaired) electrons. The van der Waals surface area contributed by atoms with Gasteiger partial charge in [0, 0.05) is 0 Å². The molecule has 0 atom stereocenters. The number of ether oxygens (including phenoxy) is 1. The molecule has 0 fully saturated rings. The molecular formula is C24H19BrN2O2. The zero-order valence-electron chi connectivity index (χ0n) is 15.9. The molecule has 0 spiro atoms. The average Bonchev–Trinajstić information content (AvgIpc) is 2.72. The third-order valence-electron chi connectivity index (χ3n) is 4.57. The van der Waals surface area contributed by atoms with Crippen LogP contribution in [0.5, 0.6) is 5.75 Å². The minimum absolute atomic E-state index is 0.0982. The van der Waals surface area contributed by atoms with E-state index in [1.165, 1.54) is 22.8 Å². The highest BCUT2D eigenvalue weighted by molar-refractivity contribution is 9.10. The van der Waals surface area contributed by atoms with E-state index in [0.717, 1.165) is 10.0 Å². The topological polar surface area (TPSA) is 76.1 Å². The Morgan fingerprint density at radius 2 is 1.90 bits per heavy atom. The second-order valence-corrected chi connectivity index (χ2v) is 7.32. The number of hydrogen-bond acceptors (Lipinski definition) is 3. The van der Waals surface area contributed by atoms with E-state index < -0.39 is 5.91 Å². The van der Waals surface area contributed by atoms with Crippen LogP contribution in [-0.2, 0) is 11.4 Å². The molecule has 3 aromatic rings. The molecule has 0 unspecified atom stereocenters. The van der Waals surface area contributed by atoms with Crippen molar-refractivity contribution in [3.05, 3.63) is 93.5 Å². The Morgan fingerprint density at radius 3 is 2.55 bits per heavy atom. The summed E-state index contributed by atoms with van der Waals surface area (Å²) in [6, 6.07) is 23.6. The molecule has 0 bridgehead atoms. The van der Waals surface area contributed by atoms with E-state index in [4.69, 9.17) is 15.7 Å². The van der Waals surface area contributed by atoms with Crippen molar-refractivity contribution < 1.29 is 9.53 Å². The van der Waals surface area contributed by atoms with Crippen molar-refractivity contribution in [3.63, 3.8) is 0 Å². The van der Waals surface area contributed by atoms with E-state index in [1.54, 1.807) is 24.3 Å². The summed E-state index contributed by atoms with van der Waals surface area (Å²) in [4.78, 5) is 11.2. The number of nitriles is 1. The van der Waals surface area contributed by atoms with E-state index in [0.29, 0.717) is 17.9 Å². The van der Waals surface area contributed by atoms with Crippen molar-refractivity contribution in [2.75, 3.05) is 0 Å². The van der Waals surface area contributed by atoms with Gasteiger partial charge in [-0.05, 0) is 68.9 Å². The van der Waals surface area contributed by atoms with Crippen molar-refractivity contribution in [3.8, 4) is 22.9 Å². The Kier molecular flexibility index (Phi) is 6.48. The van der Waals surface area contributed by atoms with Crippen LogP contribution in [0.1, 0.15) is 16.7 Å². The SMILES string of the molecule is Cc1c(COc2ccc(/C=C(\C#N)C(N)=O)cc2Br)cccc1-c1ccccc1. The Labute approximate surface area is 178 Å². The number of nitrogens with two attached hydrogens (primary N) is 1. The van der Waals surface area contributed by atoms with E-state index in [9.17, 15) is 4.79 Å². The van der Waals surface area contributed by atoms with E-state index in [-0.39, 0.29) is 5.57 Å². The van der Waals surface area contributed by atoms with E-state index in [2.05, 4.69) is 47.1 Å². The molecule has 2 N–H and O–H groups in total. The van der Waals surface area contributed by atoms with Gasteiger partial charge in [-0.1, -0.05) is 54.6 Å². The lowest BCUT2D eigenvalue weighted by Gasteiger charge is -2.14. The van der Waals surface area contributed by atoms with Gasteiger partial charge in [0.2, 0.25) is 0 Å². The summed E-state index contributed by atoms with van der Waals surface area (Å²) in [6.07, 6.45) is 1.45. The molecule has 144 valence electrons. The van der Waals surface area contributed by atoms with Gasteiger partial charge in [0.05, 0.1) is 4.47 Å². The predicted octanol–water partition coefficient (Wildman–Crippen LogP) is 5.40. The maximum atomic E-state index is 11.2. The van der Waals surface area contributed by atoms with Crippen LogP contribution < -0.4 is 10.5 Å². The summed E-state index contributed by atoms with van der Waals surface area (Å²) in [5, 5.41) is 8.97. The van der Waals surface area contributed by atoms with Crippen LogP contribution in [0.4, 0.5) is 0 Å². The molecule has 0 aromatic heterocycles. The number of amides is 1. The molecule has 1 amide bonds. The molecule has 4 nitrogen and oxygen atoms in total. The number of rotatable bonds is 6. The first-order chi connectivity index (χ1) is 14.0. The van der Waals surface area contributed by atoms with Crippen molar-refractivity contribution in [1.29, 1.82) is 5.26 Å². The molecule has 3 aromatic carbocycles. The molecule has 29 heavy (non-hydrogen) atoms. The first-order valence-electron chi connectivity index (χ1n) is 8.97. The molecule has 0 saturated heterocycles. The van der Waals surface area contributed by atoms with Crippen LogP contribution in [0.2, 0.25) is 0 Å². The number of carbonyl (C=O) groups is 1. The Bertz CT molecular complexity index is 1120. The normalized spacial score (nSPS) is 11.0. The quantitative estimate of drug-likeness (QED) is 0.406. The monoisotopic (exact) mass is 446 g/mol. The molecule has 5 heteroatoms. The molecule has 0 saturated carbocycles. The van der Waals surface area contributed by atoms with Gasteiger partial charge in [0.25, 0.3) is 5.91 Å². The van der Waals surface area contributed by atoms with Crippen LogP contribution in [0.3, 0.4) is 0 Å². The van der Waals surface area contributed by atoms with Crippen molar-refractivity contribution in [2.45, 2.75) is 13.5 Å². The fraction of sp³-hybridized carbons (Fsp3) is 0.0833. The molecule has 0 aliphatic rings. The number of halogens is 1. The fourth-order valence-electron chi connectivity index (χ4n) is 2.97. The van der Waals surface area contributed by atoms with E-state index >= 15 is 0 Å². The Balaban J connectivity index is 1.79. The lowest BCUT2D eigenvalue weighted by Crippen LogP contribution is -2.12. The minimum Gasteiger partial charge on any atom is -0.488 e. The zero-order valence-corrected chi connectivity index (χ0v) is 17.4. The maximum Gasteiger partial charge on any atom is 0.259 e. The molecule has 0 aliphatic carbocycles. The van der Waals surface area contributed by atoms with Crippen LogP contribution in [-0.4, -0.2) is 5.91 Å². The first kappa shape index (κ1) is 20.4. The van der Waals surface area contributed by atoms with Gasteiger partial charge in [-0.3, -0.25) is 4.79 Å². The van der Waals surface area contributed by atoms with Crippen LogP contribution in [0.15, 0.2) is 76.8 Å². The minimum atomic E-state index is -0.752.